The van der Waals surface area contributed by atoms with Crippen molar-refractivity contribution in [1.82, 2.24) is 15.2 Å². The van der Waals surface area contributed by atoms with E-state index < -0.39 is 0 Å². The SMILES string of the molecule is CC(=O)NC1(C2CCCN2C(=O)c2c[nH]c(=O)c3ccccc23)CC1. The Kier molecular flexibility index (Phi) is 3.63. The molecule has 1 atom stereocenters. The zero-order valence-electron chi connectivity index (χ0n) is 14.2. The van der Waals surface area contributed by atoms with Crippen LogP contribution < -0.4 is 10.9 Å². The summed E-state index contributed by atoms with van der Waals surface area (Å²) in [6.45, 7) is 2.20. The molecule has 1 saturated heterocycles. The van der Waals surface area contributed by atoms with Gasteiger partial charge in [0.25, 0.3) is 11.5 Å². The first kappa shape index (κ1) is 15.9. The number of rotatable bonds is 3. The van der Waals surface area contributed by atoms with Crippen molar-refractivity contribution in [3.63, 3.8) is 0 Å². The molecule has 4 rings (SSSR count). The van der Waals surface area contributed by atoms with Gasteiger partial charge in [-0.1, -0.05) is 18.2 Å². The number of nitrogens with zero attached hydrogens (tertiary/aromatic N) is 1. The second-order valence-electron chi connectivity index (χ2n) is 7.07. The average molecular weight is 339 g/mol. The topological polar surface area (TPSA) is 82.3 Å². The summed E-state index contributed by atoms with van der Waals surface area (Å²) in [6, 6.07) is 7.19. The third kappa shape index (κ3) is 2.62. The van der Waals surface area contributed by atoms with Gasteiger partial charge < -0.3 is 15.2 Å². The van der Waals surface area contributed by atoms with Crippen molar-refractivity contribution < 1.29 is 9.59 Å². The van der Waals surface area contributed by atoms with E-state index in [-0.39, 0.29) is 29.0 Å². The average Bonchev–Trinajstić information content (AvgIpc) is 3.19. The Balaban J connectivity index is 1.71. The van der Waals surface area contributed by atoms with Crippen LogP contribution >= 0.6 is 0 Å². The summed E-state index contributed by atoms with van der Waals surface area (Å²) in [5.74, 6) is -0.127. The van der Waals surface area contributed by atoms with Gasteiger partial charge in [-0.25, -0.2) is 0 Å². The number of hydrogen-bond acceptors (Lipinski definition) is 3. The molecule has 1 aromatic heterocycles. The fourth-order valence-electron chi connectivity index (χ4n) is 4.15. The third-order valence-electron chi connectivity index (χ3n) is 5.41. The van der Waals surface area contributed by atoms with Gasteiger partial charge in [0.1, 0.15) is 0 Å². The Bertz CT molecular complexity index is 914. The Hall–Kier alpha value is -2.63. The third-order valence-corrected chi connectivity index (χ3v) is 5.41. The lowest BCUT2D eigenvalue weighted by Crippen LogP contribution is -2.52. The number of hydrogen-bond donors (Lipinski definition) is 2. The van der Waals surface area contributed by atoms with Crippen LogP contribution in [0.15, 0.2) is 35.3 Å². The maximum Gasteiger partial charge on any atom is 0.256 e. The molecule has 25 heavy (non-hydrogen) atoms. The first-order valence-corrected chi connectivity index (χ1v) is 8.72. The van der Waals surface area contributed by atoms with Crippen molar-refractivity contribution in [1.29, 1.82) is 0 Å². The fourth-order valence-corrected chi connectivity index (χ4v) is 4.15. The van der Waals surface area contributed by atoms with E-state index in [0.717, 1.165) is 25.7 Å². The minimum Gasteiger partial charge on any atom is -0.349 e. The normalized spacial score (nSPS) is 21.3. The van der Waals surface area contributed by atoms with E-state index in [1.807, 2.05) is 17.0 Å². The van der Waals surface area contributed by atoms with Crippen LogP contribution in [0.5, 0.6) is 0 Å². The van der Waals surface area contributed by atoms with E-state index in [9.17, 15) is 14.4 Å². The molecule has 2 heterocycles. The highest BCUT2D eigenvalue weighted by Crippen LogP contribution is 2.45. The van der Waals surface area contributed by atoms with Gasteiger partial charge in [0.05, 0.1) is 17.1 Å². The number of amides is 2. The summed E-state index contributed by atoms with van der Waals surface area (Å²) in [5, 5.41) is 4.26. The number of H-pyrrole nitrogens is 1. The van der Waals surface area contributed by atoms with Gasteiger partial charge in [0.15, 0.2) is 0 Å². The van der Waals surface area contributed by atoms with Crippen molar-refractivity contribution >= 4 is 22.6 Å². The number of aromatic nitrogens is 1. The van der Waals surface area contributed by atoms with Crippen molar-refractivity contribution in [2.24, 2.45) is 0 Å². The molecule has 2 aliphatic rings. The van der Waals surface area contributed by atoms with Crippen molar-refractivity contribution in [2.45, 2.75) is 44.2 Å². The number of benzene rings is 1. The van der Waals surface area contributed by atoms with Gasteiger partial charge in [-0.05, 0) is 31.7 Å². The lowest BCUT2D eigenvalue weighted by Gasteiger charge is -2.32. The largest absolute Gasteiger partial charge is 0.349 e. The maximum absolute atomic E-state index is 13.2. The highest BCUT2D eigenvalue weighted by atomic mass is 16.2. The molecule has 1 saturated carbocycles. The molecule has 6 heteroatoms. The second kappa shape index (κ2) is 5.72. The smallest absolute Gasteiger partial charge is 0.256 e. The molecule has 1 unspecified atom stereocenters. The van der Waals surface area contributed by atoms with Gasteiger partial charge in [0, 0.05) is 30.4 Å². The van der Waals surface area contributed by atoms with Crippen molar-refractivity contribution in [3.8, 4) is 0 Å². The highest BCUT2D eigenvalue weighted by Gasteiger charge is 2.54. The number of likely N-dealkylation sites (tertiary alicyclic amines) is 1. The molecule has 0 radical (unpaired) electrons. The van der Waals surface area contributed by atoms with Gasteiger partial charge >= 0.3 is 0 Å². The summed E-state index contributed by atoms with van der Waals surface area (Å²) in [4.78, 5) is 41.4. The Morgan fingerprint density at radius 1 is 1.24 bits per heavy atom. The molecule has 6 nitrogen and oxygen atoms in total. The zero-order valence-corrected chi connectivity index (χ0v) is 14.2. The van der Waals surface area contributed by atoms with Crippen LogP contribution in [-0.2, 0) is 4.79 Å². The van der Waals surface area contributed by atoms with Crippen molar-refractivity contribution in [2.75, 3.05) is 6.54 Å². The summed E-state index contributed by atoms with van der Waals surface area (Å²) >= 11 is 0. The number of carbonyl (C=O) groups is 2. The van der Waals surface area contributed by atoms with Gasteiger partial charge in [-0.15, -0.1) is 0 Å². The molecule has 2 amide bonds. The first-order chi connectivity index (χ1) is 12.0. The molecular weight excluding hydrogens is 318 g/mol. The second-order valence-corrected chi connectivity index (χ2v) is 7.07. The number of carbonyl (C=O) groups excluding carboxylic acids is 2. The minimum absolute atomic E-state index is 0.0228. The quantitative estimate of drug-likeness (QED) is 0.894. The number of aromatic amines is 1. The highest BCUT2D eigenvalue weighted by molar-refractivity contribution is 6.06. The molecular formula is C19H21N3O3. The summed E-state index contributed by atoms with van der Waals surface area (Å²) in [7, 11) is 0. The van der Waals surface area contributed by atoms with Crippen LogP contribution in [0.25, 0.3) is 10.8 Å². The fraction of sp³-hybridized carbons (Fsp3) is 0.421. The predicted octanol–water partition coefficient (Wildman–Crippen LogP) is 1.80. The number of fused-ring (bicyclic) bond motifs is 1. The lowest BCUT2D eigenvalue weighted by atomic mass is 10.0. The summed E-state index contributed by atoms with van der Waals surface area (Å²) in [5.41, 5.74) is 0.0541. The molecule has 1 aromatic carbocycles. The van der Waals surface area contributed by atoms with Crippen LogP contribution in [0, 0.1) is 0 Å². The Labute approximate surface area is 145 Å². The Morgan fingerprint density at radius 2 is 1.96 bits per heavy atom. The van der Waals surface area contributed by atoms with Crippen molar-refractivity contribution in [3.05, 3.63) is 46.4 Å². The number of pyridine rings is 1. The molecule has 0 bridgehead atoms. The van der Waals surface area contributed by atoms with Gasteiger partial charge in [-0.2, -0.15) is 0 Å². The van der Waals surface area contributed by atoms with E-state index in [0.29, 0.717) is 22.9 Å². The molecule has 2 N–H and O–H groups in total. The van der Waals surface area contributed by atoms with Crippen LogP contribution in [-0.4, -0.2) is 39.8 Å². The van der Waals surface area contributed by atoms with E-state index in [2.05, 4.69) is 10.3 Å². The van der Waals surface area contributed by atoms with E-state index in [1.54, 1.807) is 12.1 Å². The summed E-state index contributed by atoms with van der Waals surface area (Å²) in [6.07, 6.45) is 5.16. The maximum atomic E-state index is 13.2. The van der Waals surface area contributed by atoms with E-state index in [1.165, 1.54) is 13.1 Å². The molecule has 130 valence electrons. The molecule has 0 spiro atoms. The van der Waals surface area contributed by atoms with E-state index >= 15 is 0 Å². The number of nitrogens with one attached hydrogen (secondary N) is 2. The predicted molar refractivity (Wildman–Crippen MR) is 94.4 cm³/mol. The molecule has 2 fully saturated rings. The molecule has 1 aliphatic carbocycles. The lowest BCUT2D eigenvalue weighted by molar-refractivity contribution is -0.120. The van der Waals surface area contributed by atoms with Gasteiger partial charge in [0.2, 0.25) is 5.91 Å². The zero-order chi connectivity index (χ0) is 17.6. The van der Waals surface area contributed by atoms with Crippen LogP contribution in [0.2, 0.25) is 0 Å². The first-order valence-electron chi connectivity index (χ1n) is 8.72. The van der Waals surface area contributed by atoms with E-state index in [4.69, 9.17) is 0 Å². The summed E-state index contributed by atoms with van der Waals surface area (Å²) < 4.78 is 0. The monoisotopic (exact) mass is 339 g/mol. The molecule has 1 aliphatic heterocycles. The standard InChI is InChI=1S/C19H21N3O3/c1-12(23)21-19(8-9-19)16-7-4-10-22(16)18(25)15-11-20-17(24)14-6-3-2-5-13(14)15/h2-3,5-6,11,16H,4,7-10H2,1H3,(H,20,24)(H,21,23). The molecule has 2 aromatic rings. The van der Waals surface area contributed by atoms with Crippen LogP contribution in [0.4, 0.5) is 0 Å². The van der Waals surface area contributed by atoms with Crippen LogP contribution in [0.3, 0.4) is 0 Å². The minimum atomic E-state index is -0.268. The Morgan fingerprint density at radius 3 is 2.64 bits per heavy atom. The van der Waals surface area contributed by atoms with Gasteiger partial charge in [-0.3, -0.25) is 14.4 Å². The van der Waals surface area contributed by atoms with Crippen LogP contribution in [0.1, 0.15) is 43.0 Å².